The van der Waals surface area contributed by atoms with E-state index >= 15 is 0 Å². The van der Waals surface area contributed by atoms with Crippen LogP contribution in [0.25, 0.3) is 0 Å². The van der Waals surface area contributed by atoms with E-state index in [0.29, 0.717) is 12.2 Å². The second-order valence-electron chi connectivity index (χ2n) is 2.37. The maximum absolute atomic E-state index is 10.7. The van der Waals surface area contributed by atoms with E-state index in [0.717, 1.165) is 0 Å². The topological polar surface area (TPSA) is 46.5 Å². The number of hydrogen-bond donors (Lipinski definition) is 1. The van der Waals surface area contributed by atoms with Crippen LogP contribution in [0.4, 0.5) is 0 Å². The van der Waals surface area contributed by atoms with Crippen molar-refractivity contribution in [3.8, 4) is 0 Å². The first-order valence-corrected chi connectivity index (χ1v) is 3.57. The predicted molar refractivity (Wildman–Crippen MR) is 42.1 cm³/mol. The normalized spacial score (nSPS) is 12.3. The number of esters is 1. The number of rotatable bonds is 4. The van der Waals surface area contributed by atoms with Gasteiger partial charge in [0.1, 0.15) is 0 Å². The van der Waals surface area contributed by atoms with Gasteiger partial charge in [-0.1, -0.05) is 12.2 Å². The Morgan fingerprint density at radius 1 is 1.73 bits per heavy atom. The average Bonchev–Trinajstić information content (AvgIpc) is 1.87. The Balaban J connectivity index is 3.66. The van der Waals surface area contributed by atoms with Gasteiger partial charge in [0, 0.05) is 0 Å². The molecule has 0 aliphatic rings. The molecular weight excluding hydrogens is 144 g/mol. The molecule has 1 N–H and O–H groups in total. The number of carbonyl (C=O) groups excluding carboxylic acids is 1. The summed E-state index contributed by atoms with van der Waals surface area (Å²) in [6.07, 6.45) is -0.766. The lowest BCUT2D eigenvalue weighted by atomic mass is 10.1. The van der Waals surface area contributed by atoms with Crippen LogP contribution in [0.15, 0.2) is 12.2 Å². The fourth-order valence-corrected chi connectivity index (χ4v) is 0.552. The second-order valence-corrected chi connectivity index (χ2v) is 2.37. The van der Waals surface area contributed by atoms with E-state index in [1.165, 1.54) is 0 Å². The van der Waals surface area contributed by atoms with Gasteiger partial charge >= 0.3 is 5.97 Å². The molecule has 0 heterocycles. The quantitative estimate of drug-likeness (QED) is 0.488. The average molecular weight is 158 g/mol. The molecule has 0 aliphatic carbocycles. The molecule has 3 nitrogen and oxygen atoms in total. The zero-order valence-corrected chi connectivity index (χ0v) is 6.96. The van der Waals surface area contributed by atoms with Gasteiger partial charge < -0.3 is 9.84 Å². The van der Waals surface area contributed by atoms with Gasteiger partial charge in [0.2, 0.25) is 0 Å². The molecule has 64 valence electrons. The minimum Gasteiger partial charge on any atom is -0.466 e. The monoisotopic (exact) mass is 158 g/mol. The molecule has 0 aliphatic heterocycles. The summed E-state index contributed by atoms with van der Waals surface area (Å²) in [6, 6.07) is 0. The summed E-state index contributed by atoms with van der Waals surface area (Å²) in [5.74, 6) is -0.386. The largest absolute Gasteiger partial charge is 0.466 e. The fraction of sp³-hybridized carbons (Fsp3) is 0.625. The number of hydrogen-bond acceptors (Lipinski definition) is 3. The molecule has 0 spiro atoms. The molecule has 11 heavy (non-hydrogen) atoms. The van der Waals surface area contributed by atoms with Crippen molar-refractivity contribution in [2.75, 3.05) is 6.61 Å². The van der Waals surface area contributed by atoms with Gasteiger partial charge in [-0.2, -0.15) is 0 Å². The first-order valence-electron chi connectivity index (χ1n) is 3.57. The molecule has 0 bridgehead atoms. The van der Waals surface area contributed by atoms with Gasteiger partial charge in [-0.15, -0.1) is 0 Å². The predicted octanol–water partition coefficient (Wildman–Crippen LogP) is 0.877. The molecule has 0 fully saturated rings. The van der Waals surface area contributed by atoms with Crippen LogP contribution in [0.5, 0.6) is 0 Å². The van der Waals surface area contributed by atoms with Crippen LogP contribution in [0.3, 0.4) is 0 Å². The van der Waals surface area contributed by atoms with Crippen molar-refractivity contribution in [1.29, 1.82) is 0 Å². The van der Waals surface area contributed by atoms with Crippen LogP contribution in [0.1, 0.15) is 20.3 Å². The van der Waals surface area contributed by atoms with E-state index in [9.17, 15) is 4.79 Å². The van der Waals surface area contributed by atoms with E-state index in [1.54, 1.807) is 13.8 Å². The van der Waals surface area contributed by atoms with Crippen LogP contribution >= 0.6 is 0 Å². The lowest BCUT2D eigenvalue weighted by Gasteiger charge is -2.08. The molecular formula is C8H14O3. The Hall–Kier alpha value is -0.830. The van der Waals surface area contributed by atoms with Crippen molar-refractivity contribution >= 4 is 5.97 Å². The Morgan fingerprint density at radius 2 is 2.27 bits per heavy atom. The van der Waals surface area contributed by atoms with E-state index in [2.05, 4.69) is 11.3 Å². The maximum Gasteiger partial charge on any atom is 0.308 e. The Labute approximate surface area is 66.7 Å². The fourth-order valence-electron chi connectivity index (χ4n) is 0.552. The van der Waals surface area contributed by atoms with Gasteiger partial charge in [-0.05, 0) is 13.8 Å². The first-order chi connectivity index (χ1) is 5.07. The van der Waals surface area contributed by atoms with Crippen molar-refractivity contribution in [2.45, 2.75) is 26.4 Å². The zero-order chi connectivity index (χ0) is 8.85. The summed E-state index contributed by atoms with van der Waals surface area (Å²) in [5.41, 5.74) is 0.582. The minimum atomic E-state index is -0.769. The van der Waals surface area contributed by atoms with E-state index in [-0.39, 0.29) is 12.4 Å². The van der Waals surface area contributed by atoms with E-state index in [4.69, 9.17) is 5.11 Å². The van der Waals surface area contributed by atoms with Crippen LogP contribution in [-0.2, 0) is 9.53 Å². The molecule has 3 heteroatoms. The molecule has 0 aromatic heterocycles. The van der Waals surface area contributed by atoms with Crippen LogP contribution in [0, 0.1) is 0 Å². The number of ether oxygens (including phenoxy) is 1. The second kappa shape index (κ2) is 4.91. The highest BCUT2D eigenvalue weighted by atomic mass is 16.5. The lowest BCUT2D eigenvalue weighted by Crippen LogP contribution is -2.16. The Bertz CT molecular complexity index is 151. The summed E-state index contributed by atoms with van der Waals surface area (Å²) >= 11 is 0. The van der Waals surface area contributed by atoms with Crippen molar-refractivity contribution in [1.82, 2.24) is 0 Å². The summed E-state index contributed by atoms with van der Waals surface area (Å²) < 4.78 is 4.62. The Morgan fingerprint density at radius 3 is 2.64 bits per heavy atom. The third-order valence-corrected chi connectivity index (χ3v) is 1.23. The van der Waals surface area contributed by atoms with Gasteiger partial charge in [0.15, 0.2) is 0 Å². The highest BCUT2D eigenvalue weighted by Gasteiger charge is 2.11. The van der Waals surface area contributed by atoms with Crippen molar-refractivity contribution in [3.63, 3.8) is 0 Å². The van der Waals surface area contributed by atoms with Gasteiger partial charge in [-0.25, -0.2) is 0 Å². The molecule has 0 saturated heterocycles. The molecule has 0 aromatic rings. The lowest BCUT2D eigenvalue weighted by molar-refractivity contribution is -0.144. The number of aliphatic hydroxyl groups excluding tert-OH is 1. The summed E-state index contributed by atoms with van der Waals surface area (Å²) in [7, 11) is 0. The van der Waals surface area contributed by atoms with Crippen LogP contribution in [-0.4, -0.2) is 23.8 Å². The first kappa shape index (κ1) is 10.2. The molecule has 0 aromatic carbocycles. The molecule has 0 saturated carbocycles. The van der Waals surface area contributed by atoms with Crippen molar-refractivity contribution in [2.24, 2.45) is 0 Å². The van der Waals surface area contributed by atoms with E-state index in [1.807, 2.05) is 0 Å². The Kier molecular flexibility index (Phi) is 4.54. The van der Waals surface area contributed by atoms with Gasteiger partial charge in [0.25, 0.3) is 0 Å². The van der Waals surface area contributed by atoms with Crippen LogP contribution < -0.4 is 0 Å². The summed E-state index contributed by atoms with van der Waals surface area (Å²) in [5, 5.41) is 9.12. The molecule has 0 amide bonds. The minimum absolute atomic E-state index is 0.00315. The van der Waals surface area contributed by atoms with Gasteiger partial charge in [-0.3, -0.25) is 4.79 Å². The smallest absolute Gasteiger partial charge is 0.308 e. The standard InChI is InChI=1S/C8H14O3/c1-4-11-8(10)5-7(9)6(2)3/h7,9H,2,4-5H2,1,3H3/t7-/m0/s1. The number of carbonyl (C=O) groups is 1. The molecule has 0 unspecified atom stereocenters. The van der Waals surface area contributed by atoms with Crippen molar-refractivity contribution < 1.29 is 14.6 Å². The van der Waals surface area contributed by atoms with E-state index < -0.39 is 6.10 Å². The number of aliphatic hydroxyl groups is 1. The third-order valence-electron chi connectivity index (χ3n) is 1.23. The highest BCUT2D eigenvalue weighted by molar-refractivity contribution is 5.70. The third kappa shape index (κ3) is 4.56. The summed E-state index contributed by atoms with van der Waals surface area (Å²) in [4.78, 5) is 10.7. The molecule has 1 atom stereocenters. The SMILES string of the molecule is C=C(C)[C@@H](O)CC(=O)OCC. The van der Waals surface area contributed by atoms with Crippen LogP contribution in [0.2, 0.25) is 0 Å². The highest BCUT2D eigenvalue weighted by Crippen LogP contribution is 2.03. The summed E-state index contributed by atoms with van der Waals surface area (Å²) in [6.45, 7) is 7.26. The maximum atomic E-state index is 10.7. The van der Waals surface area contributed by atoms with Gasteiger partial charge in [0.05, 0.1) is 19.1 Å². The van der Waals surface area contributed by atoms with Crippen molar-refractivity contribution in [3.05, 3.63) is 12.2 Å². The zero-order valence-electron chi connectivity index (χ0n) is 6.96. The molecule has 0 radical (unpaired) electrons. The molecule has 0 rings (SSSR count).